The van der Waals surface area contributed by atoms with Gasteiger partial charge in [-0.15, -0.1) is 12.4 Å². The van der Waals surface area contributed by atoms with E-state index in [-0.39, 0.29) is 12.4 Å². The Morgan fingerprint density at radius 3 is 2.62 bits per heavy atom. The lowest BCUT2D eigenvalue weighted by molar-refractivity contribution is 0.741. The molecule has 0 saturated carbocycles. The number of nitrogens with zero attached hydrogens (tertiary/aromatic N) is 4. The van der Waals surface area contributed by atoms with Crippen LogP contribution in [0, 0.1) is 6.92 Å². The molecule has 0 bridgehead atoms. The van der Waals surface area contributed by atoms with Crippen molar-refractivity contribution in [3.05, 3.63) is 29.7 Å². The Morgan fingerprint density at radius 1 is 1.38 bits per heavy atom. The number of halogens is 1. The molecule has 0 aliphatic rings. The SMILES string of the molecule is Cc1cc(NCc2cnn(C)c2)nn1C.Cl. The lowest BCUT2D eigenvalue weighted by Gasteiger charge is -1.98. The van der Waals surface area contributed by atoms with Crippen molar-refractivity contribution in [1.82, 2.24) is 19.6 Å². The van der Waals surface area contributed by atoms with E-state index < -0.39 is 0 Å². The fraction of sp³-hybridized carbons (Fsp3) is 0.400. The molecule has 0 aliphatic heterocycles. The molecule has 0 spiro atoms. The van der Waals surface area contributed by atoms with Gasteiger partial charge in [0.05, 0.1) is 6.20 Å². The van der Waals surface area contributed by atoms with Gasteiger partial charge in [0.25, 0.3) is 0 Å². The first-order chi connectivity index (χ1) is 7.15. The standard InChI is InChI=1S/C10H15N5.ClH/c1-8-4-10(13-15(8)3)11-5-9-6-12-14(2)7-9;/h4,6-7H,5H2,1-3H3,(H,11,13);1H. The molecule has 0 amide bonds. The van der Waals surface area contributed by atoms with Crippen molar-refractivity contribution in [2.24, 2.45) is 14.1 Å². The molecule has 0 atom stereocenters. The summed E-state index contributed by atoms with van der Waals surface area (Å²) >= 11 is 0. The second-order valence-electron chi connectivity index (χ2n) is 3.67. The van der Waals surface area contributed by atoms with Crippen molar-refractivity contribution in [2.45, 2.75) is 13.5 Å². The number of rotatable bonds is 3. The van der Waals surface area contributed by atoms with Crippen LogP contribution in [0.2, 0.25) is 0 Å². The van der Waals surface area contributed by atoms with E-state index in [0.717, 1.165) is 23.6 Å². The van der Waals surface area contributed by atoms with E-state index in [1.165, 1.54) is 0 Å². The van der Waals surface area contributed by atoms with Gasteiger partial charge in [-0.1, -0.05) is 0 Å². The first kappa shape index (κ1) is 12.6. The van der Waals surface area contributed by atoms with Gasteiger partial charge in [-0.05, 0) is 6.92 Å². The van der Waals surface area contributed by atoms with Gasteiger partial charge < -0.3 is 5.32 Å². The molecule has 0 aromatic carbocycles. The fourth-order valence-electron chi connectivity index (χ4n) is 1.40. The number of aromatic nitrogens is 4. The van der Waals surface area contributed by atoms with Crippen molar-refractivity contribution in [1.29, 1.82) is 0 Å². The minimum atomic E-state index is 0. The summed E-state index contributed by atoms with van der Waals surface area (Å²) < 4.78 is 3.65. The molecule has 2 heterocycles. The highest BCUT2D eigenvalue weighted by Gasteiger charge is 2.01. The lowest BCUT2D eigenvalue weighted by Crippen LogP contribution is -2.00. The van der Waals surface area contributed by atoms with Crippen LogP contribution >= 0.6 is 12.4 Å². The van der Waals surface area contributed by atoms with Crippen molar-refractivity contribution in [3.63, 3.8) is 0 Å². The zero-order valence-corrected chi connectivity index (χ0v) is 10.5. The van der Waals surface area contributed by atoms with Crippen molar-refractivity contribution >= 4 is 18.2 Å². The predicted molar refractivity (Wildman–Crippen MR) is 65.7 cm³/mol. The van der Waals surface area contributed by atoms with E-state index in [1.807, 2.05) is 44.2 Å². The topological polar surface area (TPSA) is 47.7 Å². The highest BCUT2D eigenvalue weighted by atomic mass is 35.5. The van der Waals surface area contributed by atoms with Gasteiger partial charge in [0.2, 0.25) is 0 Å². The molecule has 88 valence electrons. The quantitative estimate of drug-likeness (QED) is 0.886. The van der Waals surface area contributed by atoms with Gasteiger partial charge in [0, 0.05) is 44.2 Å². The van der Waals surface area contributed by atoms with Crippen LogP contribution in [-0.4, -0.2) is 19.6 Å². The first-order valence-corrected chi connectivity index (χ1v) is 4.87. The van der Waals surface area contributed by atoms with Crippen LogP contribution in [0.5, 0.6) is 0 Å². The van der Waals surface area contributed by atoms with Crippen LogP contribution in [0.15, 0.2) is 18.5 Å². The molecule has 2 aromatic rings. The van der Waals surface area contributed by atoms with Crippen LogP contribution in [-0.2, 0) is 20.6 Å². The van der Waals surface area contributed by atoms with E-state index >= 15 is 0 Å². The number of hydrogen-bond donors (Lipinski definition) is 1. The normalized spacial score (nSPS) is 9.94. The summed E-state index contributed by atoms with van der Waals surface area (Å²) in [6.07, 6.45) is 3.84. The van der Waals surface area contributed by atoms with Crippen molar-refractivity contribution in [2.75, 3.05) is 5.32 Å². The number of hydrogen-bond acceptors (Lipinski definition) is 3. The summed E-state index contributed by atoms with van der Waals surface area (Å²) in [4.78, 5) is 0. The van der Waals surface area contributed by atoms with Gasteiger partial charge >= 0.3 is 0 Å². The van der Waals surface area contributed by atoms with E-state index in [9.17, 15) is 0 Å². The summed E-state index contributed by atoms with van der Waals surface area (Å²) in [5.41, 5.74) is 2.30. The molecular formula is C10H16ClN5. The third kappa shape index (κ3) is 2.76. The Balaban J connectivity index is 0.00000128. The van der Waals surface area contributed by atoms with Crippen LogP contribution in [0.1, 0.15) is 11.3 Å². The minimum Gasteiger partial charge on any atom is -0.364 e. The molecule has 0 fully saturated rings. The Bertz CT molecular complexity index is 440. The van der Waals surface area contributed by atoms with Gasteiger partial charge in [-0.2, -0.15) is 10.2 Å². The predicted octanol–water partition coefficient (Wildman–Crippen LogP) is 1.50. The van der Waals surface area contributed by atoms with Crippen molar-refractivity contribution in [3.8, 4) is 0 Å². The van der Waals surface area contributed by atoms with Gasteiger partial charge in [0.1, 0.15) is 5.82 Å². The molecule has 2 aromatic heterocycles. The average Bonchev–Trinajstić information content (AvgIpc) is 2.72. The molecule has 2 rings (SSSR count). The molecule has 6 heteroatoms. The zero-order valence-electron chi connectivity index (χ0n) is 9.64. The monoisotopic (exact) mass is 241 g/mol. The third-order valence-electron chi connectivity index (χ3n) is 2.35. The van der Waals surface area contributed by atoms with E-state index in [4.69, 9.17) is 0 Å². The summed E-state index contributed by atoms with van der Waals surface area (Å²) in [5.74, 6) is 0.902. The van der Waals surface area contributed by atoms with E-state index in [1.54, 1.807) is 4.68 Å². The maximum absolute atomic E-state index is 4.31. The van der Waals surface area contributed by atoms with Crippen LogP contribution in [0.4, 0.5) is 5.82 Å². The fourth-order valence-corrected chi connectivity index (χ4v) is 1.40. The highest BCUT2D eigenvalue weighted by molar-refractivity contribution is 5.85. The molecule has 0 unspecified atom stereocenters. The molecule has 0 radical (unpaired) electrons. The van der Waals surface area contributed by atoms with Crippen LogP contribution in [0.3, 0.4) is 0 Å². The number of anilines is 1. The van der Waals surface area contributed by atoms with Gasteiger partial charge in [0.15, 0.2) is 0 Å². The maximum atomic E-state index is 4.31. The Hall–Kier alpha value is -1.49. The van der Waals surface area contributed by atoms with Gasteiger partial charge in [-0.25, -0.2) is 0 Å². The number of nitrogens with one attached hydrogen (secondary N) is 1. The van der Waals surface area contributed by atoms with E-state index in [0.29, 0.717) is 0 Å². The molecule has 0 saturated heterocycles. The Labute approximate surface area is 101 Å². The zero-order chi connectivity index (χ0) is 10.8. The molecule has 1 N–H and O–H groups in total. The number of aryl methyl sites for hydroxylation is 3. The lowest BCUT2D eigenvalue weighted by atomic mass is 10.3. The molecule has 0 aliphatic carbocycles. The minimum absolute atomic E-state index is 0. The largest absolute Gasteiger partial charge is 0.364 e. The second-order valence-corrected chi connectivity index (χ2v) is 3.67. The first-order valence-electron chi connectivity index (χ1n) is 4.87. The molecule has 16 heavy (non-hydrogen) atoms. The summed E-state index contributed by atoms with van der Waals surface area (Å²) in [7, 11) is 3.85. The summed E-state index contributed by atoms with van der Waals surface area (Å²) in [6, 6.07) is 2.02. The third-order valence-corrected chi connectivity index (χ3v) is 2.35. The molecule has 5 nitrogen and oxygen atoms in total. The highest BCUT2D eigenvalue weighted by Crippen LogP contribution is 2.08. The second kappa shape index (κ2) is 5.03. The smallest absolute Gasteiger partial charge is 0.148 e. The van der Waals surface area contributed by atoms with E-state index in [2.05, 4.69) is 15.5 Å². The van der Waals surface area contributed by atoms with Gasteiger partial charge in [-0.3, -0.25) is 9.36 Å². The summed E-state index contributed by atoms with van der Waals surface area (Å²) in [6.45, 7) is 2.78. The summed E-state index contributed by atoms with van der Waals surface area (Å²) in [5, 5.41) is 11.7. The average molecular weight is 242 g/mol. The van der Waals surface area contributed by atoms with Crippen LogP contribution < -0.4 is 5.32 Å². The maximum Gasteiger partial charge on any atom is 0.148 e. The Kier molecular flexibility index (Phi) is 3.95. The Morgan fingerprint density at radius 2 is 2.12 bits per heavy atom. The van der Waals surface area contributed by atoms with Crippen molar-refractivity contribution < 1.29 is 0 Å². The van der Waals surface area contributed by atoms with Crippen LogP contribution in [0.25, 0.3) is 0 Å². The molecular weight excluding hydrogens is 226 g/mol.